The van der Waals surface area contributed by atoms with Crippen LogP contribution < -0.4 is 10.5 Å². The van der Waals surface area contributed by atoms with Crippen molar-refractivity contribution in [1.29, 1.82) is 0 Å². The van der Waals surface area contributed by atoms with E-state index in [1.807, 2.05) is 38.4 Å². The predicted octanol–water partition coefficient (Wildman–Crippen LogP) is 1.49. The van der Waals surface area contributed by atoms with Crippen LogP contribution in [0.1, 0.15) is 24.4 Å². The van der Waals surface area contributed by atoms with E-state index in [0.29, 0.717) is 6.61 Å². The monoisotopic (exact) mass is 266 g/mol. The standard InChI is InChI=1S/C14H22N2O3/c1-16(2)8-3-9-19-12-6-4-11(5-7-12)13(15)10-14(17)18/h4-7,13H,3,8-10,15H2,1-2H3,(H,17,18)/t13-/m0/s1. The van der Waals surface area contributed by atoms with Crippen LogP contribution in [0.5, 0.6) is 5.75 Å². The summed E-state index contributed by atoms with van der Waals surface area (Å²) >= 11 is 0. The van der Waals surface area contributed by atoms with Gasteiger partial charge in [-0.05, 0) is 38.2 Å². The number of rotatable bonds is 8. The summed E-state index contributed by atoms with van der Waals surface area (Å²) in [5.41, 5.74) is 6.58. The Kier molecular flexibility index (Phi) is 6.32. The second-order valence-corrected chi connectivity index (χ2v) is 4.78. The molecule has 0 unspecified atom stereocenters. The minimum Gasteiger partial charge on any atom is -0.494 e. The summed E-state index contributed by atoms with van der Waals surface area (Å²) in [6.45, 7) is 1.65. The zero-order valence-corrected chi connectivity index (χ0v) is 11.5. The van der Waals surface area contributed by atoms with Crippen molar-refractivity contribution in [1.82, 2.24) is 4.90 Å². The number of carboxylic acids is 1. The minimum absolute atomic E-state index is 0.0664. The molecule has 0 saturated heterocycles. The van der Waals surface area contributed by atoms with Gasteiger partial charge < -0.3 is 20.5 Å². The summed E-state index contributed by atoms with van der Waals surface area (Å²) < 4.78 is 5.59. The van der Waals surface area contributed by atoms with Gasteiger partial charge in [-0.15, -0.1) is 0 Å². The highest BCUT2D eigenvalue weighted by Gasteiger charge is 2.10. The Morgan fingerprint density at radius 1 is 1.37 bits per heavy atom. The molecule has 0 saturated carbocycles. The summed E-state index contributed by atoms with van der Waals surface area (Å²) in [4.78, 5) is 12.7. The molecule has 0 aliphatic carbocycles. The van der Waals surface area contributed by atoms with Crippen molar-refractivity contribution in [3.63, 3.8) is 0 Å². The highest BCUT2D eigenvalue weighted by molar-refractivity contribution is 5.67. The Balaban J connectivity index is 2.41. The lowest BCUT2D eigenvalue weighted by molar-refractivity contribution is -0.137. The van der Waals surface area contributed by atoms with Crippen LogP contribution in [0.2, 0.25) is 0 Å². The van der Waals surface area contributed by atoms with E-state index in [2.05, 4.69) is 4.90 Å². The van der Waals surface area contributed by atoms with E-state index < -0.39 is 12.0 Å². The van der Waals surface area contributed by atoms with Crippen molar-refractivity contribution in [3.8, 4) is 5.75 Å². The fourth-order valence-electron chi connectivity index (χ4n) is 1.69. The van der Waals surface area contributed by atoms with Crippen LogP contribution in [0.4, 0.5) is 0 Å². The van der Waals surface area contributed by atoms with Crippen LogP contribution in [-0.4, -0.2) is 43.2 Å². The van der Waals surface area contributed by atoms with Crippen LogP contribution >= 0.6 is 0 Å². The molecule has 0 spiro atoms. The molecule has 0 aliphatic heterocycles. The second-order valence-electron chi connectivity index (χ2n) is 4.78. The number of nitrogens with zero attached hydrogens (tertiary/aromatic N) is 1. The number of ether oxygens (including phenoxy) is 1. The quantitative estimate of drug-likeness (QED) is 0.697. The van der Waals surface area contributed by atoms with E-state index >= 15 is 0 Å². The number of aliphatic carboxylic acids is 1. The molecule has 1 aromatic carbocycles. The van der Waals surface area contributed by atoms with Gasteiger partial charge in [0.05, 0.1) is 13.0 Å². The van der Waals surface area contributed by atoms with Gasteiger partial charge in [0.1, 0.15) is 5.75 Å². The summed E-state index contributed by atoms with van der Waals surface area (Å²) in [5.74, 6) is -0.110. The maximum atomic E-state index is 10.6. The normalized spacial score (nSPS) is 12.4. The van der Waals surface area contributed by atoms with Crippen molar-refractivity contribution in [2.45, 2.75) is 18.9 Å². The lowest BCUT2D eigenvalue weighted by atomic mass is 10.0. The number of benzene rings is 1. The molecule has 19 heavy (non-hydrogen) atoms. The smallest absolute Gasteiger partial charge is 0.305 e. The zero-order valence-electron chi connectivity index (χ0n) is 11.5. The largest absolute Gasteiger partial charge is 0.494 e. The molecule has 1 aromatic rings. The van der Waals surface area contributed by atoms with Gasteiger partial charge in [0.2, 0.25) is 0 Å². The van der Waals surface area contributed by atoms with Gasteiger partial charge in [0.25, 0.3) is 0 Å². The second kappa shape index (κ2) is 7.76. The molecular formula is C14H22N2O3. The molecule has 0 fully saturated rings. The van der Waals surface area contributed by atoms with Gasteiger partial charge in [-0.3, -0.25) is 4.79 Å². The summed E-state index contributed by atoms with van der Waals surface area (Å²) in [5, 5.41) is 8.68. The molecule has 0 aromatic heterocycles. The molecule has 5 heteroatoms. The van der Waals surface area contributed by atoms with Crippen LogP contribution in [-0.2, 0) is 4.79 Å². The van der Waals surface area contributed by atoms with E-state index in [4.69, 9.17) is 15.6 Å². The van der Waals surface area contributed by atoms with Gasteiger partial charge in [-0.2, -0.15) is 0 Å². The van der Waals surface area contributed by atoms with Crippen LogP contribution in [0.25, 0.3) is 0 Å². The summed E-state index contributed by atoms with van der Waals surface area (Å²) in [6.07, 6.45) is 0.899. The van der Waals surface area contributed by atoms with E-state index in [1.54, 1.807) is 0 Å². The molecule has 3 N–H and O–H groups in total. The molecule has 1 atom stereocenters. The van der Waals surface area contributed by atoms with Gasteiger partial charge in [-0.25, -0.2) is 0 Å². The van der Waals surface area contributed by atoms with Crippen LogP contribution in [0.15, 0.2) is 24.3 Å². The first-order chi connectivity index (χ1) is 8.99. The van der Waals surface area contributed by atoms with Crippen molar-refractivity contribution >= 4 is 5.97 Å². The molecule has 0 amide bonds. The maximum absolute atomic E-state index is 10.6. The third kappa shape index (κ3) is 6.22. The third-order valence-electron chi connectivity index (χ3n) is 2.72. The average Bonchev–Trinajstić information content (AvgIpc) is 2.34. The van der Waals surface area contributed by atoms with E-state index in [9.17, 15) is 4.79 Å². The van der Waals surface area contributed by atoms with Crippen molar-refractivity contribution in [2.75, 3.05) is 27.2 Å². The first kappa shape index (κ1) is 15.5. The summed E-state index contributed by atoms with van der Waals surface area (Å²) in [7, 11) is 4.05. The predicted molar refractivity (Wildman–Crippen MR) is 74.3 cm³/mol. The topological polar surface area (TPSA) is 75.8 Å². The lowest BCUT2D eigenvalue weighted by Gasteiger charge is -2.12. The highest BCUT2D eigenvalue weighted by atomic mass is 16.5. The SMILES string of the molecule is CN(C)CCCOc1ccc([C@@H](N)CC(=O)O)cc1. The van der Waals surface area contributed by atoms with Gasteiger partial charge in [0, 0.05) is 12.6 Å². The van der Waals surface area contributed by atoms with Crippen molar-refractivity contribution in [2.24, 2.45) is 5.73 Å². The molecule has 0 bridgehead atoms. The van der Waals surface area contributed by atoms with E-state index in [-0.39, 0.29) is 6.42 Å². The molecule has 1 rings (SSSR count). The van der Waals surface area contributed by atoms with Gasteiger partial charge in [-0.1, -0.05) is 12.1 Å². The Morgan fingerprint density at radius 2 is 2.00 bits per heavy atom. The Morgan fingerprint density at radius 3 is 2.53 bits per heavy atom. The fourth-order valence-corrected chi connectivity index (χ4v) is 1.69. The van der Waals surface area contributed by atoms with E-state index in [1.165, 1.54) is 0 Å². The number of nitrogens with two attached hydrogens (primary N) is 1. The number of hydrogen-bond acceptors (Lipinski definition) is 4. The number of carbonyl (C=O) groups is 1. The number of carboxylic acid groups (broad SMARTS) is 1. The van der Waals surface area contributed by atoms with Crippen molar-refractivity contribution in [3.05, 3.63) is 29.8 Å². The molecular weight excluding hydrogens is 244 g/mol. The zero-order chi connectivity index (χ0) is 14.3. The molecule has 0 heterocycles. The van der Waals surface area contributed by atoms with Gasteiger partial charge in [0.15, 0.2) is 0 Å². The molecule has 0 radical (unpaired) electrons. The number of hydrogen-bond donors (Lipinski definition) is 2. The third-order valence-corrected chi connectivity index (χ3v) is 2.72. The van der Waals surface area contributed by atoms with Gasteiger partial charge >= 0.3 is 5.97 Å². The van der Waals surface area contributed by atoms with Crippen LogP contribution in [0.3, 0.4) is 0 Å². The maximum Gasteiger partial charge on any atom is 0.305 e. The van der Waals surface area contributed by atoms with Crippen LogP contribution in [0, 0.1) is 0 Å². The minimum atomic E-state index is -0.892. The molecule has 0 aliphatic rings. The Labute approximate surface area is 114 Å². The Hall–Kier alpha value is -1.59. The lowest BCUT2D eigenvalue weighted by Crippen LogP contribution is -2.16. The average molecular weight is 266 g/mol. The Bertz CT molecular complexity index is 390. The first-order valence-corrected chi connectivity index (χ1v) is 6.34. The fraction of sp³-hybridized carbons (Fsp3) is 0.500. The first-order valence-electron chi connectivity index (χ1n) is 6.34. The summed E-state index contributed by atoms with van der Waals surface area (Å²) in [6, 6.07) is 6.81. The van der Waals surface area contributed by atoms with Crippen molar-refractivity contribution < 1.29 is 14.6 Å². The molecule has 5 nitrogen and oxygen atoms in total. The molecule has 106 valence electrons. The van der Waals surface area contributed by atoms with E-state index in [0.717, 1.165) is 24.3 Å². The highest BCUT2D eigenvalue weighted by Crippen LogP contribution is 2.18.